The maximum atomic E-state index is 9.19. The topological polar surface area (TPSA) is 40.5 Å². The number of terminal acetylenes is 2. The molecule has 0 heterocycles. The zero-order chi connectivity index (χ0) is 23.5. The van der Waals surface area contributed by atoms with Gasteiger partial charge in [0.2, 0.25) is 0 Å². The minimum Gasteiger partial charge on any atom is -0.377 e. The molecule has 0 spiro atoms. The maximum Gasteiger partial charge on any atom is 0.133 e. The molecule has 2 N–H and O–H groups in total. The first-order valence-corrected chi connectivity index (χ1v) is 12.1. The molecule has 0 aliphatic rings. The summed E-state index contributed by atoms with van der Waals surface area (Å²) in [5.74, 6) is 11.0. The number of hydrogen-bond donors (Lipinski definition) is 2. The van der Waals surface area contributed by atoms with Gasteiger partial charge in [0.15, 0.2) is 0 Å². The summed E-state index contributed by atoms with van der Waals surface area (Å²) < 4.78 is 0. The summed E-state index contributed by atoms with van der Waals surface area (Å²) in [6.07, 6.45) is 40.3. The van der Waals surface area contributed by atoms with Crippen molar-refractivity contribution in [2.45, 2.75) is 102 Å². The van der Waals surface area contributed by atoms with E-state index in [4.69, 9.17) is 12.8 Å². The monoisotopic (exact) mass is 434 g/mol. The number of aliphatic hydroxyl groups excluding tert-OH is 2. The SMILES string of the molecule is C#C[C@@H](O)C=CCCCCCCC=CCC=CCC#CCCCCCCC=C[C@@H](O)C#C. The molecule has 0 saturated heterocycles. The molecule has 0 fully saturated rings. The van der Waals surface area contributed by atoms with Crippen LogP contribution in [0, 0.1) is 36.5 Å². The van der Waals surface area contributed by atoms with Gasteiger partial charge in [0, 0.05) is 12.8 Å². The van der Waals surface area contributed by atoms with Gasteiger partial charge < -0.3 is 10.2 Å². The van der Waals surface area contributed by atoms with Gasteiger partial charge in [-0.1, -0.05) is 79.9 Å². The van der Waals surface area contributed by atoms with E-state index in [1.165, 1.54) is 32.1 Å². The molecule has 0 amide bonds. The largest absolute Gasteiger partial charge is 0.377 e. The van der Waals surface area contributed by atoms with Gasteiger partial charge in [-0.3, -0.25) is 0 Å². The molecule has 0 aliphatic carbocycles. The Labute approximate surface area is 197 Å². The smallest absolute Gasteiger partial charge is 0.133 e. The average Bonchev–Trinajstić information content (AvgIpc) is 2.81. The van der Waals surface area contributed by atoms with E-state index < -0.39 is 12.2 Å². The van der Waals surface area contributed by atoms with Gasteiger partial charge in [0.1, 0.15) is 12.2 Å². The highest BCUT2D eigenvalue weighted by Crippen LogP contribution is 2.07. The van der Waals surface area contributed by atoms with Crippen molar-refractivity contribution < 1.29 is 10.2 Å². The zero-order valence-corrected chi connectivity index (χ0v) is 19.7. The minimum atomic E-state index is -0.743. The lowest BCUT2D eigenvalue weighted by Gasteiger charge is -1.97. The molecular formula is C30H42O2. The second-order valence-corrected chi connectivity index (χ2v) is 7.76. The van der Waals surface area contributed by atoms with Crippen molar-refractivity contribution in [3.63, 3.8) is 0 Å². The van der Waals surface area contributed by atoms with Gasteiger partial charge in [-0.25, -0.2) is 0 Å². The Morgan fingerprint density at radius 3 is 1.62 bits per heavy atom. The lowest BCUT2D eigenvalue weighted by molar-refractivity contribution is 0.280. The van der Waals surface area contributed by atoms with E-state index in [0.717, 1.165) is 57.8 Å². The zero-order valence-electron chi connectivity index (χ0n) is 19.7. The molecule has 0 aromatic carbocycles. The van der Waals surface area contributed by atoms with E-state index >= 15 is 0 Å². The van der Waals surface area contributed by atoms with Gasteiger partial charge in [-0.05, 0) is 63.5 Å². The van der Waals surface area contributed by atoms with Gasteiger partial charge in [0.05, 0.1) is 0 Å². The minimum absolute atomic E-state index is 0.738. The summed E-state index contributed by atoms with van der Waals surface area (Å²) in [7, 11) is 0. The van der Waals surface area contributed by atoms with Crippen LogP contribution in [-0.4, -0.2) is 22.4 Å². The standard InChI is InChI=1S/C30H42O2/c1-3-29(31)27-25-23-21-19-17-15-13-11-9-7-5-6-8-10-12-14-16-18-20-22-24-26-28-30(32)4-2/h1-2,5-6,9,11,25-32H,7-8,13-24H2/t29-,30+/m1/s1. The first kappa shape index (κ1) is 29.6. The number of rotatable bonds is 18. The van der Waals surface area contributed by atoms with Crippen LogP contribution >= 0.6 is 0 Å². The Bertz CT molecular complexity index is 685. The summed E-state index contributed by atoms with van der Waals surface area (Å²) in [6, 6.07) is 0. The lowest BCUT2D eigenvalue weighted by Crippen LogP contribution is -1.95. The van der Waals surface area contributed by atoms with Crippen LogP contribution in [0.1, 0.15) is 89.9 Å². The summed E-state index contributed by atoms with van der Waals surface area (Å²) in [5.41, 5.74) is 0. The normalized spacial score (nSPS) is 13.4. The molecule has 0 radical (unpaired) electrons. The Balaban J connectivity index is 3.42. The second kappa shape index (κ2) is 24.8. The highest BCUT2D eigenvalue weighted by Gasteiger charge is 1.91. The van der Waals surface area contributed by atoms with Crippen LogP contribution < -0.4 is 0 Å². The van der Waals surface area contributed by atoms with E-state index in [-0.39, 0.29) is 0 Å². The van der Waals surface area contributed by atoms with E-state index in [2.05, 4.69) is 48.0 Å². The summed E-state index contributed by atoms with van der Waals surface area (Å²) in [6.45, 7) is 0. The Morgan fingerprint density at radius 1 is 0.562 bits per heavy atom. The van der Waals surface area contributed by atoms with Crippen LogP contribution in [0.3, 0.4) is 0 Å². The molecule has 0 rings (SSSR count). The molecule has 0 aromatic rings. The van der Waals surface area contributed by atoms with E-state index in [1.807, 2.05) is 12.2 Å². The third-order valence-electron chi connectivity index (χ3n) is 4.84. The van der Waals surface area contributed by atoms with Crippen molar-refractivity contribution in [1.82, 2.24) is 0 Å². The van der Waals surface area contributed by atoms with Crippen molar-refractivity contribution >= 4 is 0 Å². The summed E-state index contributed by atoms with van der Waals surface area (Å²) >= 11 is 0. The van der Waals surface area contributed by atoms with Crippen molar-refractivity contribution in [2.75, 3.05) is 0 Å². The lowest BCUT2D eigenvalue weighted by atomic mass is 10.1. The molecule has 0 unspecified atom stereocenters. The van der Waals surface area contributed by atoms with Gasteiger partial charge in [-0.15, -0.1) is 18.8 Å². The van der Waals surface area contributed by atoms with Crippen molar-refractivity contribution in [1.29, 1.82) is 0 Å². The van der Waals surface area contributed by atoms with E-state index in [0.29, 0.717) is 0 Å². The summed E-state index contributed by atoms with van der Waals surface area (Å²) in [5, 5.41) is 18.4. The number of unbranched alkanes of at least 4 members (excludes halogenated alkanes) is 10. The van der Waals surface area contributed by atoms with Crippen molar-refractivity contribution in [3.8, 4) is 36.5 Å². The number of allylic oxidation sites excluding steroid dienone is 6. The number of aliphatic hydroxyl groups is 2. The molecule has 0 aromatic heterocycles. The molecule has 2 nitrogen and oxygen atoms in total. The first-order valence-electron chi connectivity index (χ1n) is 12.1. The first-order chi connectivity index (χ1) is 15.7. The summed E-state index contributed by atoms with van der Waals surface area (Å²) in [4.78, 5) is 0. The van der Waals surface area contributed by atoms with Gasteiger partial charge >= 0.3 is 0 Å². The quantitative estimate of drug-likeness (QED) is 0.144. The molecule has 32 heavy (non-hydrogen) atoms. The molecule has 0 saturated carbocycles. The highest BCUT2D eigenvalue weighted by molar-refractivity contribution is 5.07. The van der Waals surface area contributed by atoms with E-state index in [9.17, 15) is 10.2 Å². The number of hydrogen-bond acceptors (Lipinski definition) is 2. The van der Waals surface area contributed by atoms with Crippen molar-refractivity contribution in [2.24, 2.45) is 0 Å². The fourth-order valence-corrected chi connectivity index (χ4v) is 2.96. The van der Waals surface area contributed by atoms with Crippen LogP contribution in [0.25, 0.3) is 0 Å². The second-order valence-electron chi connectivity index (χ2n) is 7.76. The molecule has 0 bridgehead atoms. The van der Waals surface area contributed by atoms with Gasteiger partial charge in [0.25, 0.3) is 0 Å². The predicted molar refractivity (Wildman–Crippen MR) is 139 cm³/mol. The third kappa shape index (κ3) is 23.8. The Kier molecular flexibility index (Phi) is 22.9. The van der Waals surface area contributed by atoms with Crippen molar-refractivity contribution in [3.05, 3.63) is 48.6 Å². The fourth-order valence-electron chi connectivity index (χ4n) is 2.96. The van der Waals surface area contributed by atoms with Crippen LogP contribution in [0.5, 0.6) is 0 Å². The molecule has 2 atom stereocenters. The molecule has 174 valence electrons. The van der Waals surface area contributed by atoms with E-state index in [1.54, 1.807) is 12.2 Å². The fraction of sp³-hybridized carbons (Fsp3) is 0.533. The van der Waals surface area contributed by atoms with Gasteiger partial charge in [-0.2, -0.15) is 0 Å². The van der Waals surface area contributed by atoms with Crippen LogP contribution in [0.15, 0.2) is 48.6 Å². The average molecular weight is 435 g/mol. The molecular weight excluding hydrogens is 392 g/mol. The van der Waals surface area contributed by atoms with Crippen LogP contribution in [0.2, 0.25) is 0 Å². The Hall–Kier alpha value is -2.44. The Morgan fingerprint density at radius 2 is 1.06 bits per heavy atom. The molecule has 2 heteroatoms. The van der Waals surface area contributed by atoms with Crippen LogP contribution in [-0.2, 0) is 0 Å². The third-order valence-corrected chi connectivity index (χ3v) is 4.84. The maximum absolute atomic E-state index is 9.19. The molecule has 0 aliphatic heterocycles. The predicted octanol–water partition coefficient (Wildman–Crippen LogP) is 6.66. The highest BCUT2D eigenvalue weighted by atomic mass is 16.3. The van der Waals surface area contributed by atoms with Crippen LogP contribution in [0.4, 0.5) is 0 Å².